The van der Waals surface area contributed by atoms with Crippen LogP contribution in [0.4, 0.5) is 0 Å². The van der Waals surface area contributed by atoms with Gasteiger partial charge in [-0.25, -0.2) is 0 Å². The van der Waals surface area contributed by atoms with Crippen LogP contribution in [0.5, 0.6) is 0 Å². The summed E-state index contributed by atoms with van der Waals surface area (Å²) in [7, 11) is 0. The molecular formula is C21H31N3O2. The minimum Gasteiger partial charge on any atom is -0.338 e. The fourth-order valence-electron chi connectivity index (χ4n) is 3.29. The third kappa shape index (κ3) is 5.70. The number of rotatable bonds is 6. The first-order chi connectivity index (χ1) is 12.4. The van der Waals surface area contributed by atoms with Crippen molar-refractivity contribution in [2.24, 2.45) is 0 Å². The lowest BCUT2D eigenvalue weighted by Gasteiger charge is -2.26. The second-order valence-corrected chi connectivity index (χ2v) is 7.16. The summed E-state index contributed by atoms with van der Waals surface area (Å²) >= 11 is 0. The maximum absolute atomic E-state index is 12.7. The van der Waals surface area contributed by atoms with E-state index in [1.54, 1.807) is 0 Å². The fourth-order valence-corrected chi connectivity index (χ4v) is 3.29. The molecule has 1 aliphatic heterocycles. The van der Waals surface area contributed by atoms with E-state index in [2.05, 4.69) is 11.5 Å². The molecule has 0 aliphatic carbocycles. The highest BCUT2D eigenvalue weighted by Gasteiger charge is 2.22. The van der Waals surface area contributed by atoms with E-state index in [1.807, 2.05) is 54.8 Å². The average Bonchev–Trinajstić information content (AvgIpc) is 2.84. The number of benzene rings is 1. The van der Waals surface area contributed by atoms with Gasteiger partial charge in [0.05, 0.1) is 6.54 Å². The molecular weight excluding hydrogens is 326 g/mol. The summed E-state index contributed by atoms with van der Waals surface area (Å²) < 4.78 is 0. The van der Waals surface area contributed by atoms with Crippen molar-refractivity contribution in [2.45, 2.75) is 27.2 Å². The summed E-state index contributed by atoms with van der Waals surface area (Å²) in [4.78, 5) is 31.2. The van der Waals surface area contributed by atoms with E-state index < -0.39 is 0 Å². The van der Waals surface area contributed by atoms with Gasteiger partial charge in [-0.1, -0.05) is 29.8 Å². The predicted octanol–water partition coefficient (Wildman–Crippen LogP) is 2.57. The monoisotopic (exact) mass is 357 g/mol. The van der Waals surface area contributed by atoms with Crippen molar-refractivity contribution >= 4 is 11.8 Å². The summed E-state index contributed by atoms with van der Waals surface area (Å²) in [5, 5.41) is 0. The van der Waals surface area contributed by atoms with E-state index in [9.17, 15) is 9.59 Å². The van der Waals surface area contributed by atoms with Gasteiger partial charge in [-0.15, -0.1) is 0 Å². The molecule has 0 bridgehead atoms. The molecule has 0 saturated carbocycles. The molecule has 1 aromatic rings. The Bertz CT molecular complexity index is 656. The van der Waals surface area contributed by atoms with Gasteiger partial charge in [-0.2, -0.15) is 0 Å². The predicted molar refractivity (Wildman–Crippen MR) is 105 cm³/mol. The number of nitrogens with zero attached hydrogens (tertiary/aromatic N) is 3. The molecule has 5 heteroatoms. The van der Waals surface area contributed by atoms with E-state index in [1.165, 1.54) is 0 Å². The molecule has 1 fully saturated rings. The van der Waals surface area contributed by atoms with Crippen LogP contribution in [0.15, 0.2) is 36.4 Å². The van der Waals surface area contributed by atoms with Gasteiger partial charge in [0.1, 0.15) is 0 Å². The largest absolute Gasteiger partial charge is 0.338 e. The van der Waals surface area contributed by atoms with E-state index in [4.69, 9.17) is 0 Å². The van der Waals surface area contributed by atoms with E-state index in [0.717, 1.165) is 42.8 Å². The Hall–Kier alpha value is -2.14. The Balaban J connectivity index is 1.92. The summed E-state index contributed by atoms with van der Waals surface area (Å²) in [6.07, 6.45) is 0.886. The third-order valence-electron chi connectivity index (χ3n) is 4.69. The highest BCUT2D eigenvalue weighted by Crippen LogP contribution is 2.11. The lowest BCUT2D eigenvalue weighted by atomic mass is 10.1. The number of hydrogen-bond acceptors (Lipinski definition) is 3. The molecule has 26 heavy (non-hydrogen) atoms. The fraction of sp³-hybridized carbons (Fsp3) is 0.524. The van der Waals surface area contributed by atoms with Crippen LogP contribution in [-0.4, -0.2) is 72.3 Å². The third-order valence-corrected chi connectivity index (χ3v) is 4.69. The van der Waals surface area contributed by atoms with E-state index in [0.29, 0.717) is 26.2 Å². The average molecular weight is 357 g/mol. The molecule has 1 heterocycles. The van der Waals surface area contributed by atoms with Crippen LogP contribution >= 0.6 is 0 Å². The SMILES string of the molecule is C=C(C)CN(CC)C(=O)CN1CCCN(C(=O)c2cccc(C)c2)CC1. The maximum Gasteiger partial charge on any atom is 0.253 e. The Morgan fingerprint density at radius 3 is 2.62 bits per heavy atom. The standard InChI is InChI=1S/C21H31N3O2/c1-5-23(15-17(2)3)20(25)16-22-10-7-11-24(13-12-22)21(26)19-9-6-8-18(4)14-19/h6,8-9,14H,2,5,7,10-13,15-16H2,1,3-4H3. The zero-order valence-corrected chi connectivity index (χ0v) is 16.3. The van der Waals surface area contributed by atoms with Crippen molar-refractivity contribution in [3.05, 3.63) is 47.5 Å². The first kappa shape index (κ1) is 20.2. The Morgan fingerprint density at radius 2 is 1.96 bits per heavy atom. The lowest BCUT2D eigenvalue weighted by molar-refractivity contribution is -0.131. The quantitative estimate of drug-likeness (QED) is 0.735. The zero-order valence-electron chi connectivity index (χ0n) is 16.3. The molecule has 1 aliphatic rings. The second-order valence-electron chi connectivity index (χ2n) is 7.16. The van der Waals surface area contributed by atoms with Gasteiger partial charge >= 0.3 is 0 Å². The zero-order chi connectivity index (χ0) is 19.1. The van der Waals surface area contributed by atoms with Crippen molar-refractivity contribution in [3.8, 4) is 0 Å². The van der Waals surface area contributed by atoms with E-state index in [-0.39, 0.29) is 11.8 Å². The van der Waals surface area contributed by atoms with Crippen LogP contribution in [0.2, 0.25) is 0 Å². The maximum atomic E-state index is 12.7. The lowest BCUT2D eigenvalue weighted by Crippen LogP contribution is -2.42. The number of hydrogen-bond donors (Lipinski definition) is 0. The Labute approximate surface area is 157 Å². The number of carbonyl (C=O) groups is 2. The number of likely N-dealkylation sites (N-methyl/N-ethyl adjacent to an activating group) is 1. The van der Waals surface area contributed by atoms with Gasteiger partial charge in [0.15, 0.2) is 0 Å². The van der Waals surface area contributed by atoms with E-state index >= 15 is 0 Å². The summed E-state index contributed by atoms with van der Waals surface area (Å²) in [5.41, 5.74) is 2.83. The number of carbonyl (C=O) groups excluding carboxylic acids is 2. The summed E-state index contributed by atoms with van der Waals surface area (Å²) in [5.74, 6) is 0.216. The van der Waals surface area contributed by atoms with Crippen LogP contribution in [0.3, 0.4) is 0 Å². The van der Waals surface area contributed by atoms with Gasteiger partial charge in [-0.05, 0) is 39.3 Å². The molecule has 5 nitrogen and oxygen atoms in total. The first-order valence-electron chi connectivity index (χ1n) is 9.41. The highest BCUT2D eigenvalue weighted by molar-refractivity contribution is 5.94. The molecule has 0 unspecified atom stereocenters. The summed E-state index contributed by atoms with van der Waals surface area (Å²) in [6, 6.07) is 7.73. The van der Waals surface area contributed by atoms with Crippen molar-refractivity contribution in [1.82, 2.24) is 14.7 Å². The molecule has 0 spiro atoms. The number of aryl methyl sites for hydroxylation is 1. The highest BCUT2D eigenvalue weighted by atomic mass is 16.2. The molecule has 2 amide bonds. The van der Waals surface area contributed by atoms with Gasteiger partial charge in [-0.3, -0.25) is 14.5 Å². The first-order valence-corrected chi connectivity index (χ1v) is 9.41. The molecule has 0 atom stereocenters. The molecule has 0 aromatic heterocycles. The minimum atomic E-state index is 0.0827. The molecule has 1 saturated heterocycles. The molecule has 1 aromatic carbocycles. The smallest absolute Gasteiger partial charge is 0.253 e. The van der Waals surface area contributed by atoms with Crippen LogP contribution < -0.4 is 0 Å². The van der Waals surface area contributed by atoms with Crippen molar-refractivity contribution < 1.29 is 9.59 Å². The second kappa shape index (κ2) is 9.53. The number of amides is 2. The van der Waals surface area contributed by atoms with Crippen molar-refractivity contribution in [1.29, 1.82) is 0 Å². The van der Waals surface area contributed by atoms with Gasteiger partial charge in [0.25, 0.3) is 5.91 Å². The van der Waals surface area contributed by atoms with Crippen LogP contribution in [0.1, 0.15) is 36.2 Å². The van der Waals surface area contributed by atoms with Gasteiger partial charge in [0.2, 0.25) is 5.91 Å². The van der Waals surface area contributed by atoms with Gasteiger partial charge in [0, 0.05) is 44.8 Å². The van der Waals surface area contributed by atoms with Crippen molar-refractivity contribution in [3.63, 3.8) is 0 Å². The normalized spacial score (nSPS) is 15.4. The van der Waals surface area contributed by atoms with Crippen LogP contribution in [-0.2, 0) is 4.79 Å². The molecule has 0 radical (unpaired) electrons. The molecule has 2 rings (SSSR count). The van der Waals surface area contributed by atoms with Crippen molar-refractivity contribution in [2.75, 3.05) is 45.8 Å². The minimum absolute atomic E-state index is 0.0827. The van der Waals surface area contributed by atoms with Crippen LogP contribution in [0, 0.1) is 6.92 Å². The topological polar surface area (TPSA) is 43.9 Å². The van der Waals surface area contributed by atoms with Gasteiger partial charge < -0.3 is 9.80 Å². The summed E-state index contributed by atoms with van der Waals surface area (Å²) in [6.45, 7) is 14.5. The Morgan fingerprint density at radius 1 is 1.19 bits per heavy atom. The van der Waals surface area contributed by atoms with Crippen LogP contribution in [0.25, 0.3) is 0 Å². The Kier molecular flexibility index (Phi) is 7.39. The molecule has 0 N–H and O–H groups in total. The molecule has 142 valence electrons.